The fourth-order valence-electron chi connectivity index (χ4n) is 4.53. The molecule has 3 aromatic rings. The van der Waals surface area contributed by atoms with Crippen molar-refractivity contribution < 1.29 is 19.1 Å². The molecule has 1 aliphatic heterocycles. The SMILES string of the molecule is CCOC(=O)C1=C(C)N(Cc2cccc(C(=O)NCc3ccccc3)c2)C(=O)CC1c1ccc(Cl)cc1. The molecular weight excluding hydrogens is 488 g/mol. The fraction of sp³-hybridized carbons (Fsp3) is 0.233. The van der Waals surface area contributed by atoms with Gasteiger partial charge in [0.05, 0.1) is 18.7 Å². The number of ether oxygens (including phenoxy) is 1. The van der Waals surface area contributed by atoms with Crippen LogP contribution in [-0.4, -0.2) is 29.3 Å². The summed E-state index contributed by atoms with van der Waals surface area (Å²) in [6.07, 6.45) is 0.129. The van der Waals surface area contributed by atoms with E-state index in [0.29, 0.717) is 28.4 Å². The van der Waals surface area contributed by atoms with Crippen molar-refractivity contribution in [3.8, 4) is 0 Å². The minimum atomic E-state index is -0.438. The summed E-state index contributed by atoms with van der Waals surface area (Å²) in [5.41, 5.74) is 4.14. The third-order valence-electron chi connectivity index (χ3n) is 6.42. The van der Waals surface area contributed by atoms with Crippen molar-refractivity contribution in [1.29, 1.82) is 0 Å². The van der Waals surface area contributed by atoms with Gasteiger partial charge in [-0.2, -0.15) is 0 Å². The molecule has 0 fully saturated rings. The molecule has 0 aromatic heterocycles. The summed E-state index contributed by atoms with van der Waals surface area (Å²) in [7, 11) is 0. The lowest BCUT2D eigenvalue weighted by Gasteiger charge is -2.34. The maximum absolute atomic E-state index is 13.3. The molecule has 1 unspecified atom stereocenters. The molecule has 0 radical (unpaired) electrons. The van der Waals surface area contributed by atoms with Crippen LogP contribution in [-0.2, 0) is 27.4 Å². The molecule has 1 aliphatic rings. The Balaban J connectivity index is 1.57. The average molecular weight is 517 g/mol. The highest BCUT2D eigenvalue weighted by Gasteiger charge is 2.36. The van der Waals surface area contributed by atoms with Crippen LogP contribution in [0.1, 0.15) is 53.2 Å². The van der Waals surface area contributed by atoms with Crippen LogP contribution in [0.15, 0.2) is 90.1 Å². The molecule has 190 valence electrons. The number of esters is 1. The highest BCUT2D eigenvalue weighted by atomic mass is 35.5. The summed E-state index contributed by atoms with van der Waals surface area (Å²) in [5.74, 6) is -1.16. The predicted octanol–water partition coefficient (Wildman–Crippen LogP) is 5.62. The lowest BCUT2D eigenvalue weighted by Crippen LogP contribution is -2.38. The van der Waals surface area contributed by atoms with Crippen LogP contribution < -0.4 is 5.32 Å². The maximum atomic E-state index is 13.3. The van der Waals surface area contributed by atoms with E-state index >= 15 is 0 Å². The van der Waals surface area contributed by atoms with E-state index in [2.05, 4.69) is 5.32 Å². The molecule has 1 atom stereocenters. The van der Waals surface area contributed by atoms with E-state index in [9.17, 15) is 14.4 Å². The first-order valence-corrected chi connectivity index (χ1v) is 12.6. The number of hydrogen-bond acceptors (Lipinski definition) is 4. The van der Waals surface area contributed by atoms with Gasteiger partial charge in [-0.3, -0.25) is 9.59 Å². The van der Waals surface area contributed by atoms with Gasteiger partial charge in [0.1, 0.15) is 0 Å². The van der Waals surface area contributed by atoms with Gasteiger partial charge >= 0.3 is 5.97 Å². The Morgan fingerprint density at radius 3 is 2.41 bits per heavy atom. The Hall–Kier alpha value is -3.90. The van der Waals surface area contributed by atoms with E-state index in [-0.39, 0.29) is 31.4 Å². The van der Waals surface area contributed by atoms with E-state index in [1.807, 2.05) is 48.5 Å². The lowest BCUT2D eigenvalue weighted by molar-refractivity contribution is -0.140. The number of nitrogens with one attached hydrogen (secondary N) is 1. The molecule has 0 bridgehead atoms. The highest BCUT2D eigenvalue weighted by molar-refractivity contribution is 6.30. The first kappa shape index (κ1) is 26.2. The number of rotatable bonds is 8. The summed E-state index contributed by atoms with van der Waals surface area (Å²) < 4.78 is 5.36. The van der Waals surface area contributed by atoms with Gasteiger partial charge in [0.15, 0.2) is 0 Å². The van der Waals surface area contributed by atoms with E-state index in [1.165, 1.54) is 0 Å². The molecule has 0 saturated heterocycles. The van der Waals surface area contributed by atoms with Gasteiger partial charge in [0.2, 0.25) is 5.91 Å². The molecule has 0 aliphatic carbocycles. The first-order valence-electron chi connectivity index (χ1n) is 12.2. The van der Waals surface area contributed by atoms with Gasteiger partial charge in [-0.05, 0) is 54.8 Å². The van der Waals surface area contributed by atoms with Crippen molar-refractivity contribution in [2.45, 2.75) is 39.3 Å². The van der Waals surface area contributed by atoms with Crippen LogP contribution >= 0.6 is 11.6 Å². The van der Waals surface area contributed by atoms with Crippen LogP contribution in [0.4, 0.5) is 0 Å². The molecule has 2 amide bonds. The van der Waals surface area contributed by atoms with Crippen LogP contribution in [0.25, 0.3) is 0 Å². The number of halogens is 1. The molecule has 37 heavy (non-hydrogen) atoms. The molecule has 6 nitrogen and oxygen atoms in total. The lowest BCUT2D eigenvalue weighted by atomic mass is 9.83. The van der Waals surface area contributed by atoms with Gasteiger partial charge in [0.25, 0.3) is 5.91 Å². The van der Waals surface area contributed by atoms with E-state index in [1.54, 1.807) is 49.1 Å². The van der Waals surface area contributed by atoms with Crippen LogP contribution in [0.2, 0.25) is 5.02 Å². The standard InChI is InChI=1S/C30H29ClN2O4/c1-3-37-30(36)28-20(2)33(27(34)17-26(28)23-12-14-25(31)15-13-23)19-22-10-7-11-24(16-22)29(35)32-18-21-8-5-4-6-9-21/h4-16,26H,3,17-19H2,1-2H3,(H,32,35). The van der Waals surface area contributed by atoms with Crippen molar-refractivity contribution in [1.82, 2.24) is 10.2 Å². The van der Waals surface area contributed by atoms with Crippen molar-refractivity contribution >= 4 is 29.4 Å². The van der Waals surface area contributed by atoms with Crippen LogP contribution in [0, 0.1) is 0 Å². The zero-order valence-electron chi connectivity index (χ0n) is 20.9. The molecular formula is C30H29ClN2O4. The van der Waals surface area contributed by atoms with Gasteiger partial charge in [0, 0.05) is 35.2 Å². The average Bonchev–Trinajstić information content (AvgIpc) is 2.90. The van der Waals surface area contributed by atoms with E-state index in [4.69, 9.17) is 16.3 Å². The molecule has 0 spiro atoms. The second kappa shape index (κ2) is 11.9. The van der Waals surface area contributed by atoms with Crippen molar-refractivity contribution in [3.05, 3.63) is 117 Å². The largest absolute Gasteiger partial charge is 0.463 e. The van der Waals surface area contributed by atoms with E-state index in [0.717, 1.165) is 16.7 Å². The zero-order valence-corrected chi connectivity index (χ0v) is 21.6. The van der Waals surface area contributed by atoms with Gasteiger partial charge in [-0.1, -0.05) is 66.2 Å². The van der Waals surface area contributed by atoms with Crippen molar-refractivity contribution in [3.63, 3.8) is 0 Å². The Bertz CT molecular complexity index is 1320. The summed E-state index contributed by atoms with van der Waals surface area (Å²) in [5, 5.41) is 3.51. The third-order valence-corrected chi connectivity index (χ3v) is 6.67. The normalized spacial score (nSPS) is 15.5. The first-order chi connectivity index (χ1) is 17.9. The Kier molecular flexibility index (Phi) is 8.41. The van der Waals surface area contributed by atoms with Gasteiger partial charge in [-0.25, -0.2) is 4.79 Å². The Morgan fingerprint density at radius 1 is 1.00 bits per heavy atom. The fourth-order valence-corrected chi connectivity index (χ4v) is 4.66. The predicted molar refractivity (Wildman–Crippen MR) is 143 cm³/mol. The van der Waals surface area contributed by atoms with Gasteiger partial charge in [-0.15, -0.1) is 0 Å². The maximum Gasteiger partial charge on any atom is 0.336 e. The van der Waals surface area contributed by atoms with Crippen LogP contribution in [0.5, 0.6) is 0 Å². The van der Waals surface area contributed by atoms with Crippen LogP contribution in [0.3, 0.4) is 0 Å². The number of carbonyl (C=O) groups excluding carboxylic acids is 3. The number of hydrogen-bond donors (Lipinski definition) is 1. The number of nitrogens with zero attached hydrogens (tertiary/aromatic N) is 1. The number of amides is 2. The summed E-state index contributed by atoms with van der Waals surface area (Å²) in [4.78, 5) is 40.7. The van der Waals surface area contributed by atoms with Gasteiger partial charge < -0.3 is 15.0 Å². The Labute approximate surface area is 221 Å². The number of benzene rings is 3. The summed E-state index contributed by atoms with van der Waals surface area (Å²) >= 11 is 6.05. The number of allylic oxidation sites excluding steroid dienone is 1. The second-order valence-electron chi connectivity index (χ2n) is 8.88. The van der Waals surface area contributed by atoms with E-state index < -0.39 is 11.9 Å². The molecule has 0 saturated carbocycles. The second-order valence-corrected chi connectivity index (χ2v) is 9.31. The molecule has 4 rings (SSSR count). The highest BCUT2D eigenvalue weighted by Crippen LogP contribution is 2.38. The Morgan fingerprint density at radius 2 is 1.70 bits per heavy atom. The molecule has 1 heterocycles. The topological polar surface area (TPSA) is 75.7 Å². The minimum absolute atomic E-state index is 0.107. The van der Waals surface area contributed by atoms with Crippen molar-refractivity contribution in [2.24, 2.45) is 0 Å². The molecule has 7 heteroatoms. The quantitative estimate of drug-likeness (QED) is 0.394. The molecule has 1 N–H and O–H groups in total. The summed E-state index contributed by atoms with van der Waals surface area (Å²) in [6.45, 7) is 4.41. The summed E-state index contributed by atoms with van der Waals surface area (Å²) in [6, 6.07) is 24.0. The zero-order chi connectivity index (χ0) is 26.4. The monoisotopic (exact) mass is 516 g/mol. The molecule has 3 aromatic carbocycles. The number of carbonyl (C=O) groups is 3. The third kappa shape index (κ3) is 6.27. The van der Waals surface area contributed by atoms with Crippen molar-refractivity contribution in [2.75, 3.05) is 6.61 Å². The minimum Gasteiger partial charge on any atom is -0.463 e. The smallest absolute Gasteiger partial charge is 0.336 e.